The zero-order valence-corrected chi connectivity index (χ0v) is 14.3. The summed E-state index contributed by atoms with van der Waals surface area (Å²) in [4.78, 5) is 16.2. The summed E-state index contributed by atoms with van der Waals surface area (Å²) in [7, 11) is 3.06. The first-order chi connectivity index (χ1) is 12.2. The first-order valence-electron chi connectivity index (χ1n) is 8.00. The Balaban J connectivity index is 1.82. The molecule has 3 rings (SSSR count). The third kappa shape index (κ3) is 3.88. The summed E-state index contributed by atoms with van der Waals surface area (Å²) in [5.74, 6) is 1.46. The molecular formula is C20H20N2O3. The van der Waals surface area contributed by atoms with E-state index in [1.165, 1.54) is 7.11 Å². The number of imidazole rings is 1. The van der Waals surface area contributed by atoms with Crippen molar-refractivity contribution in [1.82, 2.24) is 9.55 Å². The summed E-state index contributed by atoms with van der Waals surface area (Å²) in [5, 5.41) is 0. The summed E-state index contributed by atoms with van der Waals surface area (Å²) in [5.41, 5.74) is 2.65. The highest BCUT2D eigenvalue weighted by molar-refractivity contribution is 5.89. The Kier molecular flexibility index (Phi) is 5.14. The van der Waals surface area contributed by atoms with Gasteiger partial charge in [-0.3, -0.25) is 0 Å². The fourth-order valence-electron chi connectivity index (χ4n) is 2.78. The number of nitrogens with zero attached hydrogens (tertiary/aromatic N) is 2. The molecule has 5 nitrogen and oxygen atoms in total. The van der Waals surface area contributed by atoms with Gasteiger partial charge in [-0.1, -0.05) is 30.3 Å². The molecule has 1 aromatic heterocycles. The summed E-state index contributed by atoms with van der Waals surface area (Å²) < 4.78 is 12.3. The summed E-state index contributed by atoms with van der Waals surface area (Å²) >= 11 is 0. The zero-order chi connectivity index (χ0) is 17.6. The number of aromatic nitrogens is 2. The second-order valence-corrected chi connectivity index (χ2v) is 5.65. The van der Waals surface area contributed by atoms with E-state index in [1.807, 2.05) is 48.7 Å². The number of carbonyl (C=O) groups excluding carboxylic acids is 1. The van der Waals surface area contributed by atoms with Crippen molar-refractivity contribution in [2.75, 3.05) is 14.2 Å². The summed E-state index contributed by atoms with van der Waals surface area (Å²) in [6.07, 6.45) is 4.40. The maximum Gasteiger partial charge on any atom is 0.337 e. The van der Waals surface area contributed by atoms with Gasteiger partial charge >= 0.3 is 5.97 Å². The number of methoxy groups -OCH3 is 2. The van der Waals surface area contributed by atoms with Crippen molar-refractivity contribution in [2.24, 2.45) is 0 Å². The standard InChI is InChI=1S/C20H20N2O3/c1-24-18-9-4-3-7-16(18)13-19-21-10-11-22(19)14-15-6-5-8-17(12-15)20(23)25-2/h3-12H,13-14H2,1-2H3. The molecule has 128 valence electrons. The third-order valence-electron chi connectivity index (χ3n) is 4.04. The van der Waals surface area contributed by atoms with Crippen molar-refractivity contribution in [3.63, 3.8) is 0 Å². The maximum absolute atomic E-state index is 11.7. The smallest absolute Gasteiger partial charge is 0.337 e. The molecular weight excluding hydrogens is 316 g/mol. The van der Waals surface area contributed by atoms with Gasteiger partial charge in [0, 0.05) is 30.9 Å². The fourth-order valence-corrected chi connectivity index (χ4v) is 2.78. The molecule has 0 N–H and O–H groups in total. The molecule has 0 aliphatic rings. The van der Waals surface area contributed by atoms with E-state index >= 15 is 0 Å². The van der Waals surface area contributed by atoms with Gasteiger partial charge in [0.1, 0.15) is 11.6 Å². The molecule has 2 aromatic carbocycles. The highest BCUT2D eigenvalue weighted by Gasteiger charge is 2.10. The van der Waals surface area contributed by atoms with Gasteiger partial charge in [-0.15, -0.1) is 0 Å². The van der Waals surface area contributed by atoms with Crippen LogP contribution in [0.2, 0.25) is 0 Å². The van der Waals surface area contributed by atoms with E-state index in [1.54, 1.807) is 19.4 Å². The van der Waals surface area contributed by atoms with Crippen molar-refractivity contribution >= 4 is 5.97 Å². The first kappa shape index (κ1) is 16.8. The van der Waals surface area contributed by atoms with E-state index in [0.29, 0.717) is 18.5 Å². The van der Waals surface area contributed by atoms with Crippen LogP contribution in [0, 0.1) is 0 Å². The van der Waals surface area contributed by atoms with Crippen molar-refractivity contribution < 1.29 is 14.3 Å². The highest BCUT2D eigenvalue weighted by atomic mass is 16.5. The minimum atomic E-state index is -0.332. The average Bonchev–Trinajstić information content (AvgIpc) is 3.08. The van der Waals surface area contributed by atoms with Gasteiger partial charge in [0.05, 0.1) is 19.8 Å². The zero-order valence-electron chi connectivity index (χ0n) is 14.3. The molecule has 0 amide bonds. The Hall–Kier alpha value is -3.08. The van der Waals surface area contributed by atoms with Crippen LogP contribution in [0.15, 0.2) is 60.9 Å². The molecule has 5 heteroatoms. The molecule has 0 aliphatic carbocycles. The Morgan fingerprint density at radius 2 is 1.96 bits per heavy atom. The molecule has 25 heavy (non-hydrogen) atoms. The van der Waals surface area contributed by atoms with Crippen LogP contribution in [0.1, 0.15) is 27.3 Å². The number of benzene rings is 2. The molecule has 0 saturated heterocycles. The predicted octanol–water partition coefficient (Wildman–Crippen LogP) is 3.32. The quantitative estimate of drug-likeness (QED) is 0.648. The molecule has 0 fully saturated rings. The number of hydrogen-bond donors (Lipinski definition) is 0. The predicted molar refractivity (Wildman–Crippen MR) is 94.9 cm³/mol. The molecule has 0 atom stereocenters. The van der Waals surface area contributed by atoms with E-state index in [-0.39, 0.29) is 5.97 Å². The van der Waals surface area contributed by atoms with Crippen molar-refractivity contribution in [1.29, 1.82) is 0 Å². The van der Waals surface area contributed by atoms with Gasteiger partial charge in [0.15, 0.2) is 0 Å². The third-order valence-corrected chi connectivity index (χ3v) is 4.04. The van der Waals surface area contributed by atoms with E-state index in [9.17, 15) is 4.79 Å². The lowest BCUT2D eigenvalue weighted by Gasteiger charge is -2.11. The minimum absolute atomic E-state index is 0.332. The van der Waals surface area contributed by atoms with Gasteiger partial charge in [-0.05, 0) is 23.8 Å². The Bertz CT molecular complexity index is 871. The van der Waals surface area contributed by atoms with E-state index < -0.39 is 0 Å². The van der Waals surface area contributed by atoms with Gasteiger partial charge < -0.3 is 14.0 Å². The number of para-hydroxylation sites is 1. The minimum Gasteiger partial charge on any atom is -0.496 e. The van der Waals surface area contributed by atoms with Crippen LogP contribution in [-0.4, -0.2) is 29.7 Å². The molecule has 1 heterocycles. The molecule has 0 radical (unpaired) electrons. The second kappa shape index (κ2) is 7.66. The Labute approximate surface area is 146 Å². The van der Waals surface area contributed by atoms with E-state index in [4.69, 9.17) is 9.47 Å². The molecule has 0 saturated carbocycles. The molecule has 0 aliphatic heterocycles. The first-order valence-corrected chi connectivity index (χ1v) is 8.00. The van der Waals surface area contributed by atoms with Crippen LogP contribution in [0.3, 0.4) is 0 Å². The lowest BCUT2D eigenvalue weighted by Crippen LogP contribution is -2.07. The Morgan fingerprint density at radius 1 is 1.12 bits per heavy atom. The molecule has 0 spiro atoms. The molecule has 3 aromatic rings. The van der Waals surface area contributed by atoms with Gasteiger partial charge in [-0.25, -0.2) is 9.78 Å². The van der Waals surface area contributed by atoms with Gasteiger partial charge in [0.2, 0.25) is 0 Å². The average molecular weight is 336 g/mol. The monoisotopic (exact) mass is 336 g/mol. The van der Waals surface area contributed by atoms with Crippen LogP contribution in [0.4, 0.5) is 0 Å². The van der Waals surface area contributed by atoms with Crippen LogP contribution in [-0.2, 0) is 17.7 Å². The lowest BCUT2D eigenvalue weighted by atomic mass is 10.1. The fraction of sp³-hybridized carbons (Fsp3) is 0.200. The lowest BCUT2D eigenvalue weighted by molar-refractivity contribution is 0.0600. The highest BCUT2D eigenvalue weighted by Crippen LogP contribution is 2.21. The van der Waals surface area contributed by atoms with Crippen molar-refractivity contribution in [3.8, 4) is 5.75 Å². The number of carbonyl (C=O) groups is 1. The number of hydrogen-bond acceptors (Lipinski definition) is 4. The maximum atomic E-state index is 11.7. The van der Waals surface area contributed by atoms with E-state index in [2.05, 4.69) is 9.55 Å². The van der Waals surface area contributed by atoms with Gasteiger partial charge in [-0.2, -0.15) is 0 Å². The van der Waals surface area contributed by atoms with Crippen LogP contribution in [0.5, 0.6) is 5.75 Å². The van der Waals surface area contributed by atoms with Crippen molar-refractivity contribution in [2.45, 2.75) is 13.0 Å². The van der Waals surface area contributed by atoms with Crippen LogP contribution in [0.25, 0.3) is 0 Å². The Morgan fingerprint density at radius 3 is 2.76 bits per heavy atom. The summed E-state index contributed by atoms with van der Waals surface area (Å²) in [6, 6.07) is 15.4. The van der Waals surface area contributed by atoms with E-state index in [0.717, 1.165) is 22.7 Å². The number of rotatable bonds is 6. The summed E-state index contributed by atoms with van der Waals surface area (Å²) in [6.45, 7) is 0.634. The second-order valence-electron chi connectivity index (χ2n) is 5.65. The van der Waals surface area contributed by atoms with Crippen molar-refractivity contribution in [3.05, 3.63) is 83.4 Å². The van der Waals surface area contributed by atoms with Gasteiger partial charge in [0.25, 0.3) is 0 Å². The SMILES string of the molecule is COC(=O)c1cccc(Cn2ccnc2Cc2ccccc2OC)c1. The number of ether oxygens (including phenoxy) is 2. The number of esters is 1. The normalized spacial score (nSPS) is 10.5. The van der Waals surface area contributed by atoms with Crippen LogP contribution < -0.4 is 4.74 Å². The largest absolute Gasteiger partial charge is 0.496 e. The molecule has 0 bridgehead atoms. The van der Waals surface area contributed by atoms with Crippen LogP contribution >= 0.6 is 0 Å². The molecule has 0 unspecified atom stereocenters. The topological polar surface area (TPSA) is 53.4 Å².